The number of para-hydroxylation sites is 1. The van der Waals surface area contributed by atoms with Crippen molar-refractivity contribution in [1.29, 1.82) is 0 Å². The lowest BCUT2D eigenvalue weighted by molar-refractivity contribution is -0.120. The number of piperidine rings is 1. The first-order valence-electron chi connectivity index (χ1n) is 11.7. The molecule has 0 saturated carbocycles. The number of carbonyl (C=O) groups excluding carboxylic acids is 1. The van der Waals surface area contributed by atoms with Crippen molar-refractivity contribution in [3.8, 4) is 0 Å². The number of fused-ring (bicyclic) bond motifs is 1. The second-order valence-corrected chi connectivity index (χ2v) is 8.91. The summed E-state index contributed by atoms with van der Waals surface area (Å²) in [6.07, 6.45) is 3.03. The Bertz CT molecular complexity index is 1430. The normalized spacial score (nSPS) is 15.8. The van der Waals surface area contributed by atoms with Crippen molar-refractivity contribution >= 4 is 28.6 Å². The fraction of sp³-hybridized carbons (Fsp3) is 0.259. The number of aryl methyl sites for hydroxylation is 1. The lowest BCUT2D eigenvalue weighted by Crippen LogP contribution is -2.44. The molecule has 0 bridgehead atoms. The van der Waals surface area contributed by atoms with E-state index in [4.69, 9.17) is 0 Å². The Morgan fingerprint density at radius 3 is 2.71 bits per heavy atom. The van der Waals surface area contributed by atoms with E-state index in [-0.39, 0.29) is 23.1 Å². The molecule has 35 heavy (non-hydrogen) atoms. The zero-order valence-electron chi connectivity index (χ0n) is 19.4. The monoisotopic (exact) mass is 471 g/mol. The minimum atomic E-state index is -0.476. The van der Waals surface area contributed by atoms with Crippen LogP contribution < -0.4 is 15.8 Å². The summed E-state index contributed by atoms with van der Waals surface area (Å²) in [7, 11) is 0. The lowest BCUT2D eigenvalue weighted by atomic mass is 9.97. The first-order valence-corrected chi connectivity index (χ1v) is 11.7. The van der Waals surface area contributed by atoms with E-state index in [2.05, 4.69) is 15.3 Å². The van der Waals surface area contributed by atoms with Gasteiger partial charge in [-0.1, -0.05) is 42.0 Å². The minimum Gasteiger partial charge on any atom is -0.351 e. The van der Waals surface area contributed by atoms with Gasteiger partial charge in [-0.3, -0.25) is 14.2 Å². The molecule has 178 valence electrons. The molecule has 1 atom stereocenters. The Hall–Kier alpha value is -4.07. The van der Waals surface area contributed by atoms with E-state index >= 15 is 0 Å². The Kier molecular flexibility index (Phi) is 6.27. The fourth-order valence-electron chi connectivity index (χ4n) is 4.47. The van der Waals surface area contributed by atoms with Crippen LogP contribution >= 0.6 is 0 Å². The van der Waals surface area contributed by atoms with Gasteiger partial charge in [0.1, 0.15) is 11.3 Å². The summed E-state index contributed by atoms with van der Waals surface area (Å²) >= 11 is 0. The second kappa shape index (κ2) is 9.66. The summed E-state index contributed by atoms with van der Waals surface area (Å²) in [6.45, 7) is 3.33. The number of hydrogen-bond donors (Lipinski definition) is 1. The standard InChI is InChI=1S/C27H26FN5O2/c1-18-10-12-19(13-11-18)16-33-24-23(9-4-14-29-24)30-25(27(33)35)32-15-5-6-20(17-32)26(34)31-22-8-3-2-7-21(22)28/h2-4,7-14,20H,5-6,15-17H2,1H3,(H,31,34). The Balaban J connectivity index is 1.45. The first-order chi connectivity index (χ1) is 17.0. The Labute approximate surface area is 202 Å². The van der Waals surface area contributed by atoms with Crippen LogP contribution in [-0.2, 0) is 11.3 Å². The van der Waals surface area contributed by atoms with Crippen LogP contribution in [0.5, 0.6) is 0 Å². The number of carbonyl (C=O) groups is 1. The van der Waals surface area contributed by atoms with E-state index in [1.165, 1.54) is 12.1 Å². The molecular formula is C27H26FN5O2. The number of pyridine rings is 1. The highest BCUT2D eigenvalue weighted by molar-refractivity contribution is 5.93. The maximum absolute atomic E-state index is 14.0. The number of halogens is 1. The molecule has 1 aliphatic heterocycles. The number of nitrogens with one attached hydrogen (secondary N) is 1. The molecule has 2 aromatic heterocycles. The highest BCUT2D eigenvalue weighted by Gasteiger charge is 2.29. The van der Waals surface area contributed by atoms with Crippen molar-refractivity contribution in [2.24, 2.45) is 5.92 Å². The molecule has 8 heteroatoms. The van der Waals surface area contributed by atoms with Crippen molar-refractivity contribution in [3.63, 3.8) is 0 Å². The molecule has 1 saturated heterocycles. The van der Waals surface area contributed by atoms with Crippen molar-refractivity contribution in [3.05, 3.63) is 94.2 Å². The molecular weight excluding hydrogens is 445 g/mol. The van der Waals surface area contributed by atoms with Crippen LogP contribution in [0.2, 0.25) is 0 Å². The van der Waals surface area contributed by atoms with Gasteiger partial charge >= 0.3 is 0 Å². The quantitative estimate of drug-likeness (QED) is 0.473. The van der Waals surface area contributed by atoms with Crippen LogP contribution in [0.3, 0.4) is 0 Å². The molecule has 0 spiro atoms. The van der Waals surface area contributed by atoms with Gasteiger partial charge in [-0.15, -0.1) is 0 Å². The van der Waals surface area contributed by atoms with Crippen LogP contribution in [0.15, 0.2) is 71.7 Å². The molecule has 4 aromatic rings. The molecule has 2 aromatic carbocycles. The average molecular weight is 472 g/mol. The van der Waals surface area contributed by atoms with Crippen LogP contribution in [0, 0.1) is 18.7 Å². The van der Waals surface area contributed by atoms with Gasteiger partial charge in [-0.05, 0) is 49.6 Å². The molecule has 0 aliphatic carbocycles. The van der Waals surface area contributed by atoms with Crippen molar-refractivity contribution < 1.29 is 9.18 Å². The van der Waals surface area contributed by atoms with Crippen molar-refractivity contribution in [1.82, 2.24) is 14.5 Å². The van der Waals surface area contributed by atoms with Gasteiger partial charge in [0.25, 0.3) is 5.56 Å². The zero-order valence-corrected chi connectivity index (χ0v) is 19.4. The highest BCUT2D eigenvalue weighted by Crippen LogP contribution is 2.23. The highest BCUT2D eigenvalue weighted by atomic mass is 19.1. The number of hydrogen-bond acceptors (Lipinski definition) is 5. The number of amides is 1. The molecule has 3 heterocycles. The largest absolute Gasteiger partial charge is 0.351 e. The first kappa shape index (κ1) is 22.7. The van der Waals surface area contributed by atoms with Gasteiger partial charge in [-0.25, -0.2) is 14.4 Å². The fourth-order valence-corrected chi connectivity index (χ4v) is 4.47. The average Bonchev–Trinajstić information content (AvgIpc) is 2.88. The molecule has 1 N–H and O–H groups in total. The van der Waals surface area contributed by atoms with E-state index in [1.54, 1.807) is 29.0 Å². The van der Waals surface area contributed by atoms with Crippen LogP contribution in [0.4, 0.5) is 15.9 Å². The van der Waals surface area contributed by atoms with Gasteiger partial charge in [0, 0.05) is 19.3 Å². The van der Waals surface area contributed by atoms with Crippen LogP contribution in [0.25, 0.3) is 11.2 Å². The van der Waals surface area contributed by atoms with E-state index in [0.29, 0.717) is 43.0 Å². The van der Waals surface area contributed by atoms with Crippen molar-refractivity contribution in [2.45, 2.75) is 26.3 Å². The van der Waals surface area contributed by atoms with Crippen LogP contribution in [-0.4, -0.2) is 33.5 Å². The van der Waals surface area contributed by atoms with Gasteiger partial charge in [-0.2, -0.15) is 0 Å². The topological polar surface area (TPSA) is 80.1 Å². The maximum atomic E-state index is 14.0. The van der Waals surface area contributed by atoms with Gasteiger partial charge in [0.2, 0.25) is 5.91 Å². The SMILES string of the molecule is Cc1ccc(Cn2c(=O)c(N3CCCC(C(=O)Nc4ccccc4F)C3)nc3cccnc32)cc1. The smallest absolute Gasteiger partial charge is 0.295 e. The Morgan fingerprint density at radius 2 is 1.91 bits per heavy atom. The summed E-state index contributed by atoms with van der Waals surface area (Å²) in [4.78, 5) is 37.5. The predicted molar refractivity (Wildman–Crippen MR) is 134 cm³/mol. The summed E-state index contributed by atoms with van der Waals surface area (Å²) in [6, 6.07) is 17.8. The number of benzene rings is 2. The van der Waals surface area contributed by atoms with Gasteiger partial charge < -0.3 is 10.2 Å². The third-order valence-corrected chi connectivity index (χ3v) is 6.37. The molecule has 1 amide bonds. The second-order valence-electron chi connectivity index (χ2n) is 8.91. The molecule has 1 fully saturated rings. The zero-order chi connectivity index (χ0) is 24.4. The summed E-state index contributed by atoms with van der Waals surface area (Å²) in [5.74, 6) is -0.820. The third-order valence-electron chi connectivity index (χ3n) is 6.37. The number of nitrogens with zero attached hydrogens (tertiary/aromatic N) is 4. The number of anilines is 2. The van der Waals surface area contributed by atoms with Gasteiger partial charge in [0.05, 0.1) is 18.2 Å². The predicted octanol–water partition coefficient (Wildman–Crippen LogP) is 4.14. The molecule has 1 aliphatic rings. The summed E-state index contributed by atoms with van der Waals surface area (Å²) in [5, 5.41) is 2.69. The van der Waals surface area contributed by atoms with Crippen LogP contribution in [0.1, 0.15) is 24.0 Å². The number of rotatable bonds is 5. The lowest BCUT2D eigenvalue weighted by Gasteiger charge is -2.32. The maximum Gasteiger partial charge on any atom is 0.295 e. The molecule has 0 radical (unpaired) electrons. The molecule has 7 nitrogen and oxygen atoms in total. The molecule has 5 rings (SSSR count). The van der Waals surface area contributed by atoms with E-state index in [1.807, 2.05) is 42.2 Å². The minimum absolute atomic E-state index is 0.157. The summed E-state index contributed by atoms with van der Waals surface area (Å²) < 4.78 is 15.7. The van der Waals surface area contributed by atoms with Crippen molar-refractivity contribution in [2.75, 3.05) is 23.3 Å². The van der Waals surface area contributed by atoms with E-state index in [0.717, 1.165) is 17.5 Å². The van der Waals surface area contributed by atoms with E-state index < -0.39 is 5.82 Å². The number of aromatic nitrogens is 3. The van der Waals surface area contributed by atoms with Gasteiger partial charge in [0.15, 0.2) is 11.5 Å². The van der Waals surface area contributed by atoms with E-state index in [9.17, 15) is 14.0 Å². The molecule has 1 unspecified atom stereocenters. The third kappa shape index (κ3) is 4.77. The summed E-state index contributed by atoms with van der Waals surface area (Å²) in [5.41, 5.74) is 3.19. The Morgan fingerprint density at radius 1 is 1.11 bits per heavy atom.